The number of hydrogen-bond acceptors (Lipinski definition) is 5. The van der Waals surface area contributed by atoms with E-state index < -0.39 is 16.9 Å². The van der Waals surface area contributed by atoms with Crippen molar-refractivity contribution in [2.75, 3.05) is 39.8 Å². The van der Waals surface area contributed by atoms with Gasteiger partial charge in [-0.25, -0.2) is 4.39 Å². The van der Waals surface area contributed by atoms with Crippen LogP contribution >= 0.6 is 0 Å². The van der Waals surface area contributed by atoms with E-state index in [0.29, 0.717) is 51.5 Å². The predicted molar refractivity (Wildman–Crippen MR) is 163 cm³/mol. The van der Waals surface area contributed by atoms with Crippen LogP contribution in [0.2, 0.25) is 0 Å². The van der Waals surface area contributed by atoms with Gasteiger partial charge in [0.2, 0.25) is 17.7 Å². The number of likely N-dealkylation sites (tertiary alicyclic amines) is 1. The minimum Gasteiger partial charge on any atom is -0.351 e. The third-order valence-corrected chi connectivity index (χ3v) is 9.67. The smallest absolute Gasteiger partial charge is 0.245 e. The molecule has 0 spiro atoms. The number of carbonyl (C=O) groups is 3. The molecule has 0 aromatic heterocycles. The Morgan fingerprint density at radius 3 is 2.19 bits per heavy atom. The fraction of sp³-hybridized carbons (Fsp3) is 0.727. The summed E-state index contributed by atoms with van der Waals surface area (Å²) in [6.07, 6.45) is 8.69. The van der Waals surface area contributed by atoms with Crippen LogP contribution in [0.1, 0.15) is 84.1 Å². The Kier molecular flexibility index (Phi) is 10.3. The van der Waals surface area contributed by atoms with E-state index in [1.165, 1.54) is 18.6 Å². The number of nitrogens with one attached hydrogen (secondary N) is 2. The summed E-state index contributed by atoms with van der Waals surface area (Å²) in [5.41, 5.74) is 5.19. The van der Waals surface area contributed by atoms with Crippen LogP contribution in [-0.2, 0) is 20.8 Å². The number of nitrogens with two attached hydrogens (primary N) is 1. The number of amides is 3. The fourth-order valence-corrected chi connectivity index (χ4v) is 7.08. The van der Waals surface area contributed by atoms with Crippen LogP contribution in [0.5, 0.6) is 0 Å². The molecule has 1 heterocycles. The second-order valence-corrected chi connectivity index (χ2v) is 14.2. The van der Waals surface area contributed by atoms with Crippen molar-refractivity contribution in [3.63, 3.8) is 0 Å². The number of rotatable bonds is 11. The lowest BCUT2D eigenvalue weighted by atomic mass is 9.63. The van der Waals surface area contributed by atoms with Crippen molar-refractivity contribution in [1.82, 2.24) is 20.4 Å². The monoisotopic (exact) mass is 585 g/mol. The number of benzene rings is 1. The zero-order valence-electron chi connectivity index (χ0n) is 26.1. The Labute approximate surface area is 251 Å². The van der Waals surface area contributed by atoms with Crippen molar-refractivity contribution in [3.8, 4) is 0 Å². The molecule has 4 N–H and O–H groups in total. The van der Waals surface area contributed by atoms with Gasteiger partial charge in [0.25, 0.3) is 0 Å². The Morgan fingerprint density at radius 1 is 1.02 bits per heavy atom. The maximum Gasteiger partial charge on any atom is 0.245 e. The predicted octanol–water partition coefficient (Wildman–Crippen LogP) is 3.63. The van der Waals surface area contributed by atoms with Crippen LogP contribution in [0.15, 0.2) is 24.3 Å². The van der Waals surface area contributed by atoms with Gasteiger partial charge >= 0.3 is 0 Å². The minimum absolute atomic E-state index is 0.107. The Balaban J connectivity index is 1.50. The van der Waals surface area contributed by atoms with Gasteiger partial charge in [-0.3, -0.25) is 14.4 Å². The lowest BCUT2D eigenvalue weighted by Gasteiger charge is -2.48. The molecule has 42 heavy (non-hydrogen) atoms. The standard InChI is InChI=1S/C33H52FN5O3/c1-31(2,3)37-30(42)33(25-8-6-5-7-9-25)16-19-39(20-17-33)28(40)27(22-24-10-12-26(34)13-11-24)36-29(41)32(14-15-32)23-38(4)21-18-35/h10-13,25,27H,5-9,14-23,35H2,1-4H3,(H,36,41)(H,37,42)/t27-/m1/s1. The van der Waals surface area contributed by atoms with Gasteiger partial charge in [-0.05, 0) is 90.0 Å². The molecule has 0 bridgehead atoms. The van der Waals surface area contributed by atoms with E-state index in [4.69, 9.17) is 5.73 Å². The first kappa shape index (κ1) is 32.4. The molecule has 0 unspecified atom stereocenters. The van der Waals surface area contributed by atoms with E-state index in [9.17, 15) is 18.8 Å². The van der Waals surface area contributed by atoms with Crippen molar-refractivity contribution in [2.45, 2.75) is 96.6 Å². The van der Waals surface area contributed by atoms with Crippen molar-refractivity contribution in [3.05, 3.63) is 35.6 Å². The first-order valence-corrected chi connectivity index (χ1v) is 15.9. The summed E-state index contributed by atoms with van der Waals surface area (Å²) < 4.78 is 13.6. The molecule has 1 aliphatic heterocycles. The number of likely N-dealkylation sites (N-methyl/N-ethyl adjacent to an activating group) is 1. The summed E-state index contributed by atoms with van der Waals surface area (Å²) in [6, 6.07) is 5.35. The van der Waals surface area contributed by atoms with E-state index in [0.717, 1.165) is 44.1 Å². The quantitative estimate of drug-likeness (QED) is 0.368. The zero-order valence-corrected chi connectivity index (χ0v) is 26.1. The van der Waals surface area contributed by atoms with Crippen LogP contribution in [0.25, 0.3) is 0 Å². The molecule has 234 valence electrons. The third-order valence-electron chi connectivity index (χ3n) is 9.67. The lowest BCUT2D eigenvalue weighted by molar-refractivity contribution is -0.147. The largest absolute Gasteiger partial charge is 0.351 e. The van der Waals surface area contributed by atoms with Gasteiger partial charge in [0, 0.05) is 44.7 Å². The summed E-state index contributed by atoms with van der Waals surface area (Å²) in [4.78, 5) is 45.4. The zero-order chi connectivity index (χ0) is 30.5. The van der Waals surface area contributed by atoms with E-state index in [1.54, 1.807) is 12.1 Å². The number of halogens is 1. The van der Waals surface area contributed by atoms with Gasteiger partial charge in [0.05, 0.1) is 10.8 Å². The Hall–Kier alpha value is -2.52. The van der Waals surface area contributed by atoms with E-state index in [1.807, 2.05) is 32.7 Å². The summed E-state index contributed by atoms with van der Waals surface area (Å²) in [6.45, 7) is 8.82. The number of nitrogens with zero attached hydrogens (tertiary/aromatic N) is 2. The molecule has 3 amide bonds. The van der Waals surface area contributed by atoms with Gasteiger partial charge in [-0.2, -0.15) is 0 Å². The van der Waals surface area contributed by atoms with Crippen molar-refractivity contribution < 1.29 is 18.8 Å². The Morgan fingerprint density at radius 2 is 1.64 bits per heavy atom. The average molecular weight is 586 g/mol. The molecule has 1 atom stereocenters. The van der Waals surface area contributed by atoms with Crippen molar-refractivity contribution in [2.24, 2.45) is 22.5 Å². The van der Waals surface area contributed by atoms with Gasteiger partial charge in [-0.1, -0.05) is 31.4 Å². The maximum absolute atomic E-state index is 14.1. The summed E-state index contributed by atoms with van der Waals surface area (Å²) in [7, 11) is 1.96. The highest BCUT2D eigenvalue weighted by atomic mass is 19.1. The molecular formula is C33H52FN5O3. The molecule has 4 rings (SSSR count). The van der Waals surface area contributed by atoms with Gasteiger partial charge in [-0.15, -0.1) is 0 Å². The van der Waals surface area contributed by atoms with E-state index >= 15 is 0 Å². The van der Waals surface area contributed by atoms with Gasteiger partial charge in [0.1, 0.15) is 11.9 Å². The molecule has 1 saturated heterocycles. The van der Waals surface area contributed by atoms with Crippen LogP contribution in [0, 0.1) is 22.6 Å². The molecule has 1 aromatic rings. The van der Waals surface area contributed by atoms with Crippen LogP contribution in [0.3, 0.4) is 0 Å². The van der Waals surface area contributed by atoms with Crippen LogP contribution in [0.4, 0.5) is 4.39 Å². The van der Waals surface area contributed by atoms with Crippen LogP contribution < -0.4 is 16.4 Å². The van der Waals surface area contributed by atoms with Crippen molar-refractivity contribution >= 4 is 17.7 Å². The molecular weight excluding hydrogens is 533 g/mol. The molecule has 9 heteroatoms. The van der Waals surface area contributed by atoms with Crippen molar-refractivity contribution in [1.29, 1.82) is 0 Å². The summed E-state index contributed by atoms with van der Waals surface area (Å²) >= 11 is 0. The minimum atomic E-state index is -0.758. The molecule has 1 aromatic carbocycles. The van der Waals surface area contributed by atoms with E-state index in [2.05, 4.69) is 15.5 Å². The number of carbonyl (C=O) groups excluding carboxylic acids is 3. The highest BCUT2D eigenvalue weighted by molar-refractivity contribution is 5.92. The average Bonchev–Trinajstić information content (AvgIpc) is 3.73. The number of piperidine rings is 1. The van der Waals surface area contributed by atoms with E-state index in [-0.39, 0.29) is 35.5 Å². The van der Waals surface area contributed by atoms with Crippen LogP contribution in [-0.4, -0.2) is 78.9 Å². The fourth-order valence-electron chi connectivity index (χ4n) is 7.08. The topological polar surface area (TPSA) is 108 Å². The summed E-state index contributed by atoms with van der Waals surface area (Å²) in [5, 5.41) is 6.37. The molecule has 2 saturated carbocycles. The highest BCUT2D eigenvalue weighted by Gasteiger charge is 2.52. The summed E-state index contributed by atoms with van der Waals surface area (Å²) in [5.74, 6) is -0.144. The Bertz CT molecular complexity index is 1080. The first-order valence-electron chi connectivity index (χ1n) is 15.9. The normalized spacial score (nSPS) is 21.1. The van der Waals surface area contributed by atoms with Gasteiger partial charge < -0.3 is 26.2 Å². The first-order chi connectivity index (χ1) is 19.9. The molecule has 8 nitrogen and oxygen atoms in total. The lowest BCUT2D eigenvalue weighted by Crippen LogP contribution is -2.59. The molecule has 3 aliphatic rings. The molecule has 2 aliphatic carbocycles. The second kappa shape index (κ2) is 13.4. The molecule has 3 fully saturated rings. The SMILES string of the molecule is CN(CCN)CC1(C(=O)N[C@H](Cc2ccc(F)cc2)C(=O)N2CCC(C(=O)NC(C)(C)C)(C3CCCCC3)CC2)CC1. The highest BCUT2D eigenvalue weighted by Crippen LogP contribution is 2.47. The number of hydrogen-bond donors (Lipinski definition) is 3. The third kappa shape index (κ3) is 7.90. The van der Waals surface area contributed by atoms with Gasteiger partial charge in [0.15, 0.2) is 0 Å². The second-order valence-electron chi connectivity index (χ2n) is 14.2. The molecule has 0 radical (unpaired) electrons. The maximum atomic E-state index is 14.1.